The lowest BCUT2D eigenvalue weighted by molar-refractivity contribution is -0.130. The summed E-state index contributed by atoms with van der Waals surface area (Å²) in [4.78, 5) is 47.3. The molecular weight excluding hydrogens is 575 g/mol. The molecule has 3 aromatic heterocycles. The molecule has 5 rings (SSSR count). The van der Waals surface area contributed by atoms with E-state index >= 15 is 0 Å². The van der Waals surface area contributed by atoms with Crippen LogP contribution in [0.5, 0.6) is 0 Å². The van der Waals surface area contributed by atoms with E-state index in [1.807, 2.05) is 19.1 Å². The van der Waals surface area contributed by atoms with Crippen LogP contribution in [0.25, 0.3) is 0 Å². The molecule has 1 saturated heterocycles. The Hall–Kier alpha value is -3.67. The highest BCUT2D eigenvalue weighted by Crippen LogP contribution is 2.51. The van der Waals surface area contributed by atoms with Gasteiger partial charge in [-0.1, -0.05) is 5.21 Å². The van der Waals surface area contributed by atoms with Gasteiger partial charge in [-0.2, -0.15) is 10.5 Å². The van der Waals surface area contributed by atoms with Crippen molar-refractivity contribution in [2.24, 2.45) is 0 Å². The minimum Gasteiger partial charge on any atom is -0.344 e. The number of amides is 3. The largest absolute Gasteiger partial charge is 0.344 e. The lowest BCUT2D eigenvalue weighted by Crippen LogP contribution is -2.45. The Balaban J connectivity index is 1.59. The van der Waals surface area contributed by atoms with Gasteiger partial charge in [0.1, 0.15) is 6.04 Å². The Labute approximate surface area is 252 Å². The van der Waals surface area contributed by atoms with E-state index in [-0.39, 0.29) is 36.3 Å². The van der Waals surface area contributed by atoms with Crippen LogP contribution in [-0.4, -0.2) is 106 Å². The van der Waals surface area contributed by atoms with Crippen molar-refractivity contribution in [3.8, 4) is 6.07 Å². The number of nitrogens with one attached hydrogen (secondary N) is 2. The maximum Gasteiger partial charge on any atom is 0.263 e. The van der Waals surface area contributed by atoms with Crippen LogP contribution >= 0.6 is 22.7 Å². The number of nitriles is 1. The van der Waals surface area contributed by atoms with Crippen molar-refractivity contribution in [1.29, 1.82) is 5.26 Å². The molecule has 4 heterocycles. The topological polar surface area (TPSA) is 151 Å². The molecule has 3 aromatic rings. The number of aryl methyl sites for hydroxylation is 2. The number of thiophene rings is 2. The molecule has 1 aliphatic heterocycles. The number of aromatic nitrogens is 4. The lowest BCUT2D eigenvalue weighted by Gasteiger charge is -2.33. The van der Waals surface area contributed by atoms with Gasteiger partial charge in [-0.25, -0.2) is 0 Å². The molecule has 2 aliphatic rings. The van der Waals surface area contributed by atoms with Gasteiger partial charge in [0.2, 0.25) is 5.91 Å². The van der Waals surface area contributed by atoms with Gasteiger partial charge in [0.15, 0.2) is 5.82 Å². The molecule has 1 aliphatic carbocycles. The smallest absolute Gasteiger partial charge is 0.263 e. The number of fused-ring (bicyclic) bond motifs is 2. The molecule has 1 fully saturated rings. The van der Waals surface area contributed by atoms with Crippen LogP contribution in [-0.2, 0) is 23.1 Å². The Morgan fingerprint density at radius 1 is 1.17 bits per heavy atom. The maximum atomic E-state index is 13.1. The summed E-state index contributed by atoms with van der Waals surface area (Å²) in [7, 11) is 6.93. The van der Waals surface area contributed by atoms with Crippen LogP contribution in [0, 0.1) is 11.3 Å². The van der Waals surface area contributed by atoms with Gasteiger partial charge >= 0.3 is 0 Å². The number of H-pyrrole nitrogens is 1. The number of carbonyl (C=O) groups excluding carboxylic acids is 3. The summed E-state index contributed by atoms with van der Waals surface area (Å²) in [6.07, 6.45) is 3.36. The van der Waals surface area contributed by atoms with Crippen molar-refractivity contribution in [2.45, 2.75) is 56.5 Å². The molecule has 0 saturated carbocycles. The molecular formula is C28H35N9O3S2. The monoisotopic (exact) mass is 609 g/mol. The standard InChI is InChI=1S/C28H35N9O3S2/c1-16(30-15-23(38)37-10-6-7-18(37)14-29)13-28(27-31-33-34-32-27)19-12-22(26(40)36(4)5)41-20(19)9-8-17-11-21(42-24(17)28)25(39)35(2)3/h11-12,16,18,30H,6-10,13,15H2,1-5H3,(H,31,32,33,34)/t16-,18?,28?/m1/s1. The van der Waals surface area contributed by atoms with Crippen LogP contribution in [0.15, 0.2) is 12.1 Å². The zero-order valence-electron chi connectivity index (χ0n) is 24.4. The molecule has 0 radical (unpaired) electrons. The highest BCUT2D eigenvalue weighted by atomic mass is 32.1. The number of hydrogen-bond donors (Lipinski definition) is 2. The van der Waals surface area contributed by atoms with E-state index in [4.69, 9.17) is 0 Å². The number of nitrogens with zero attached hydrogens (tertiary/aromatic N) is 7. The van der Waals surface area contributed by atoms with Crippen molar-refractivity contribution in [2.75, 3.05) is 41.3 Å². The first kappa shape index (κ1) is 29.8. The van der Waals surface area contributed by atoms with Gasteiger partial charge in [0.05, 0.1) is 27.8 Å². The molecule has 2 unspecified atom stereocenters. The molecule has 222 valence electrons. The number of carbonyl (C=O) groups is 3. The van der Waals surface area contributed by atoms with Gasteiger partial charge in [0.25, 0.3) is 11.8 Å². The van der Waals surface area contributed by atoms with Gasteiger partial charge in [-0.15, -0.1) is 32.9 Å². The summed E-state index contributed by atoms with van der Waals surface area (Å²) in [5, 5.41) is 28.4. The maximum absolute atomic E-state index is 13.1. The molecule has 0 bridgehead atoms. The predicted molar refractivity (Wildman–Crippen MR) is 159 cm³/mol. The third kappa shape index (κ3) is 5.32. The zero-order valence-corrected chi connectivity index (χ0v) is 26.1. The lowest BCUT2D eigenvalue weighted by atomic mass is 9.73. The second kappa shape index (κ2) is 11.9. The number of rotatable bonds is 8. The minimum absolute atomic E-state index is 0.0839. The van der Waals surface area contributed by atoms with E-state index in [1.54, 1.807) is 42.9 Å². The quantitative estimate of drug-likeness (QED) is 0.394. The molecule has 0 spiro atoms. The Morgan fingerprint density at radius 2 is 1.88 bits per heavy atom. The van der Waals surface area contributed by atoms with Crippen LogP contribution in [0.3, 0.4) is 0 Å². The number of hydrogen-bond acceptors (Lipinski definition) is 10. The SMILES string of the molecule is C[C@H](CC1(c2nn[nH]n2)c2cc(C(=O)N(C)C)sc2CCc2cc(C(=O)N(C)C)sc21)NCC(=O)N1CCCC1C#N. The van der Waals surface area contributed by atoms with E-state index in [9.17, 15) is 19.6 Å². The summed E-state index contributed by atoms with van der Waals surface area (Å²) >= 11 is 2.90. The van der Waals surface area contributed by atoms with E-state index < -0.39 is 5.41 Å². The first-order chi connectivity index (χ1) is 20.1. The Kier molecular flexibility index (Phi) is 8.45. The number of tetrazole rings is 1. The van der Waals surface area contributed by atoms with Crippen LogP contribution < -0.4 is 5.32 Å². The highest BCUT2D eigenvalue weighted by molar-refractivity contribution is 7.15. The summed E-state index contributed by atoms with van der Waals surface area (Å²) in [5.74, 6) is 0.174. The fourth-order valence-corrected chi connectivity index (χ4v) is 8.63. The molecule has 14 heteroatoms. The number of likely N-dealkylation sites (tertiary alicyclic amines) is 1. The van der Waals surface area contributed by atoms with Gasteiger partial charge in [-0.3, -0.25) is 14.4 Å². The summed E-state index contributed by atoms with van der Waals surface area (Å²) in [6, 6.07) is 5.55. The fraction of sp³-hybridized carbons (Fsp3) is 0.536. The summed E-state index contributed by atoms with van der Waals surface area (Å²) in [6.45, 7) is 2.68. The van der Waals surface area contributed by atoms with E-state index in [2.05, 4.69) is 32.0 Å². The minimum atomic E-state index is -0.927. The van der Waals surface area contributed by atoms with Crippen molar-refractivity contribution in [3.05, 3.63) is 48.6 Å². The van der Waals surface area contributed by atoms with Crippen molar-refractivity contribution in [3.63, 3.8) is 0 Å². The second-order valence-corrected chi connectivity index (χ2v) is 13.5. The fourth-order valence-electron chi connectivity index (χ4n) is 5.93. The van der Waals surface area contributed by atoms with Gasteiger partial charge in [-0.05, 0) is 62.3 Å². The number of aromatic amines is 1. The van der Waals surface area contributed by atoms with Crippen molar-refractivity contribution >= 4 is 40.4 Å². The van der Waals surface area contributed by atoms with Crippen molar-refractivity contribution in [1.82, 2.24) is 40.6 Å². The molecule has 3 atom stereocenters. The first-order valence-electron chi connectivity index (χ1n) is 13.9. The summed E-state index contributed by atoms with van der Waals surface area (Å²) < 4.78 is 0. The zero-order chi connectivity index (χ0) is 30.2. The molecule has 3 amide bonds. The van der Waals surface area contributed by atoms with Gasteiger partial charge in [0, 0.05) is 50.5 Å². The molecule has 0 aromatic carbocycles. The third-order valence-corrected chi connectivity index (χ3v) is 10.5. The van der Waals surface area contributed by atoms with E-state index in [1.165, 1.54) is 22.7 Å². The van der Waals surface area contributed by atoms with Gasteiger partial charge < -0.3 is 20.0 Å². The highest BCUT2D eigenvalue weighted by Gasteiger charge is 2.48. The van der Waals surface area contributed by atoms with Crippen molar-refractivity contribution < 1.29 is 14.4 Å². The van der Waals surface area contributed by atoms with E-state index in [0.717, 1.165) is 27.3 Å². The van der Waals surface area contributed by atoms with Crippen LogP contribution in [0.4, 0.5) is 0 Å². The van der Waals surface area contributed by atoms with Crippen LogP contribution in [0.1, 0.15) is 72.2 Å². The average molecular weight is 610 g/mol. The predicted octanol–water partition coefficient (Wildman–Crippen LogP) is 2.04. The van der Waals surface area contributed by atoms with Crippen LogP contribution in [0.2, 0.25) is 0 Å². The molecule has 2 N–H and O–H groups in total. The third-order valence-electron chi connectivity index (χ3n) is 7.98. The summed E-state index contributed by atoms with van der Waals surface area (Å²) in [5.41, 5.74) is 1.03. The first-order valence-corrected chi connectivity index (χ1v) is 15.6. The average Bonchev–Trinajstić information content (AvgIpc) is 3.78. The molecule has 42 heavy (non-hydrogen) atoms. The molecule has 12 nitrogen and oxygen atoms in total. The Morgan fingerprint density at radius 3 is 2.52 bits per heavy atom. The normalized spacial score (nSPS) is 20.3. The van der Waals surface area contributed by atoms with E-state index in [0.29, 0.717) is 47.8 Å². The second-order valence-electron chi connectivity index (χ2n) is 11.3. The Bertz CT molecular complexity index is 1450.